The van der Waals surface area contributed by atoms with Gasteiger partial charge < -0.3 is 10.2 Å². The Hall–Kier alpha value is -1.82. The van der Waals surface area contributed by atoms with Crippen LogP contribution in [0.2, 0.25) is 0 Å². The van der Waals surface area contributed by atoms with Gasteiger partial charge in [-0.15, -0.1) is 12.8 Å². The third-order valence-electron chi connectivity index (χ3n) is 3.51. The van der Waals surface area contributed by atoms with Gasteiger partial charge in [0.1, 0.15) is 11.5 Å². The largest absolute Gasteiger partial charge is 2.00 e. The van der Waals surface area contributed by atoms with Crippen LogP contribution in [0, 0.1) is 12.2 Å². The van der Waals surface area contributed by atoms with Gasteiger partial charge in [-0.05, 0) is 48.5 Å². The van der Waals surface area contributed by atoms with Gasteiger partial charge in [0, 0.05) is 43.9 Å². The molecule has 2 aromatic rings. The minimum atomic E-state index is -0.948. The maximum atomic E-state index is 10.8. The van der Waals surface area contributed by atoms with Crippen molar-refractivity contribution in [1.29, 1.82) is 0 Å². The second-order valence-corrected chi connectivity index (χ2v) is 8.66. The van der Waals surface area contributed by atoms with Crippen molar-refractivity contribution in [2.24, 2.45) is 0 Å². The fraction of sp³-hybridized carbons (Fsp3) is 0.167. The standard InChI is InChI=1S/2C7H8O2S.2C5H5.Zr/c2*1-10(9)7-4-2-6(8)3-5-7;2*1-2-4-5-3-1;/h2*2-5,8H,1H3;2*1-3H,4H2;/q;;2*-1;+2. The summed E-state index contributed by atoms with van der Waals surface area (Å²) in [6, 6.07) is 12.7. The minimum absolute atomic E-state index is 0. The molecular weight excluding hydrogens is 508 g/mol. The van der Waals surface area contributed by atoms with E-state index in [2.05, 4.69) is 24.3 Å². The molecule has 31 heavy (non-hydrogen) atoms. The van der Waals surface area contributed by atoms with E-state index < -0.39 is 21.6 Å². The average Bonchev–Trinajstić information content (AvgIpc) is 3.48. The molecule has 0 saturated heterocycles. The summed E-state index contributed by atoms with van der Waals surface area (Å²) in [7, 11) is -1.90. The Labute approximate surface area is 209 Å². The van der Waals surface area contributed by atoms with Gasteiger partial charge in [-0.3, -0.25) is 20.6 Å². The molecule has 2 N–H and O–H groups in total. The van der Waals surface area contributed by atoms with Gasteiger partial charge in [-0.25, -0.2) is 24.3 Å². The number of allylic oxidation sites excluding steroid dienone is 8. The maximum absolute atomic E-state index is 10.8. The van der Waals surface area contributed by atoms with Gasteiger partial charge in [0.25, 0.3) is 0 Å². The summed E-state index contributed by atoms with van der Waals surface area (Å²) in [5.74, 6) is 0.406. The van der Waals surface area contributed by atoms with E-state index in [9.17, 15) is 8.42 Å². The van der Waals surface area contributed by atoms with Gasteiger partial charge in [0.15, 0.2) is 0 Å². The van der Waals surface area contributed by atoms with Crippen LogP contribution < -0.4 is 0 Å². The molecule has 0 fully saturated rings. The fourth-order valence-electron chi connectivity index (χ4n) is 1.96. The van der Waals surface area contributed by atoms with Crippen LogP contribution in [0.15, 0.2) is 94.8 Å². The van der Waals surface area contributed by atoms with Crippen molar-refractivity contribution in [3.05, 3.63) is 97.1 Å². The normalized spacial score (nSPS) is 14.0. The molecule has 0 bridgehead atoms. The first kappa shape index (κ1) is 29.2. The Kier molecular flexibility index (Phi) is 16.8. The molecule has 7 heteroatoms. The molecule has 0 aromatic heterocycles. The van der Waals surface area contributed by atoms with E-state index in [0.717, 1.165) is 22.6 Å². The molecule has 0 heterocycles. The molecule has 2 aliphatic carbocycles. The Bertz CT molecular complexity index is 818. The van der Waals surface area contributed by atoms with Crippen LogP contribution in [0.1, 0.15) is 12.8 Å². The van der Waals surface area contributed by atoms with Gasteiger partial charge in [0.2, 0.25) is 0 Å². The van der Waals surface area contributed by atoms with Crippen molar-refractivity contribution in [2.75, 3.05) is 12.5 Å². The van der Waals surface area contributed by atoms with E-state index in [1.165, 1.54) is 24.3 Å². The Morgan fingerprint density at radius 3 is 1.16 bits per heavy atom. The van der Waals surface area contributed by atoms with Gasteiger partial charge in [-0.1, -0.05) is 0 Å². The summed E-state index contributed by atoms with van der Waals surface area (Å²) in [6.45, 7) is 0. The molecule has 2 atom stereocenters. The smallest absolute Gasteiger partial charge is 0.508 e. The van der Waals surface area contributed by atoms with Crippen LogP contribution in [0.4, 0.5) is 0 Å². The van der Waals surface area contributed by atoms with Crippen molar-refractivity contribution >= 4 is 21.6 Å². The van der Waals surface area contributed by atoms with Crippen LogP contribution in [0.5, 0.6) is 11.5 Å². The predicted molar refractivity (Wildman–Crippen MR) is 124 cm³/mol. The SMILES string of the molecule is CS(=O)c1ccc(O)cc1.CS(=O)c1ccc(O)cc1.[C-]1=CC=CC1.[C-]1=CC=CC1.[Zr+2]. The summed E-state index contributed by atoms with van der Waals surface area (Å²) in [5, 5.41) is 17.7. The Morgan fingerprint density at radius 1 is 0.677 bits per heavy atom. The van der Waals surface area contributed by atoms with Gasteiger partial charge >= 0.3 is 26.2 Å². The van der Waals surface area contributed by atoms with Gasteiger partial charge in [-0.2, -0.15) is 12.2 Å². The first-order valence-corrected chi connectivity index (χ1v) is 12.2. The minimum Gasteiger partial charge on any atom is -0.508 e. The monoisotopic (exact) mass is 532 g/mol. The average molecular weight is 534 g/mol. The summed E-state index contributed by atoms with van der Waals surface area (Å²) >= 11 is 0. The zero-order chi connectivity index (χ0) is 22.2. The molecule has 0 amide bonds. The molecule has 0 radical (unpaired) electrons. The van der Waals surface area contributed by atoms with Crippen LogP contribution in [-0.2, 0) is 47.8 Å². The molecule has 0 saturated carbocycles. The molecule has 4 rings (SSSR count). The first-order valence-electron chi connectivity index (χ1n) is 9.08. The molecule has 2 aromatic carbocycles. The van der Waals surface area contributed by atoms with Crippen molar-refractivity contribution < 1.29 is 44.8 Å². The second-order valence-electron chi connectivity index (χ2n) is 5.90. The van der Waals surface area contributed by atoms with Crippen LogP contribution in [0.25, 0.3) is 0 Å². The number of hydrogen-bond donors (Lipinski definition) is 2. The van der Waals surface area contributed by atoms with Crippen LogP contribution >= 0.6 is 0 Å². The summed E-state index contributed by atoms with van der Waals surface area (Å²) in [5.41, 5.74) is 0. The van der Waals surface area contributed by atoms with Crippen molar-refractivity contribution in [3.63, 3.8) is 0 Å². The Balaban J connectivity index is 0.000000401. The van der Waals surface area contributed by atoms with Crippen LogP contribution in [0.3, 0.4) is 0 Å². The summed E-state index contributed by atoms with van der Waals surface area (Å²) < 4.78 is 21.6. The van der Waals surface area contributed by atoms with Crippen molar-refractivity contribution in [1.82, 2.24) is 0 Å². The third-order valence-corrected chi connectivity index (χ3v) is 5.38. The summed E-state index contributed by atoms with van der Waals surface area (Å²) in [6.07, 6.45) is 23.2. The van der Waals surface area contributed by atoms with E-state index in [4.69, 9.17) is 10.2 Å². The topological polar surface area (TPSA) is 74.6 Å². The fourth-order valence-corrected chi connectivity index (χ4v) is 2.99. The van der Waals surface area contributed by atoms with E-state index in [0.29, 0.717) is 0 Å². The number of aromatic hydroxyl groups is 2. The maximum Gasteiger partial charge on any atom is 2.00 e. The number of phenolic OH excluding ortho intramolecular Hbond substituents is 2. The number of hydrogen-bond acceptors (Lipinski definition) is 4. The van der Waals surface area contributed by atoms with Crippen molar-refractivity contribution in [3.8, 4) is 11.5 Å². The van der Waals surface area contributed by atoms with Crippen LogP contribution in [-0.4, -0.2) is 31.1 Å². The van der Waals surface area contributed by atoms with Crippen molar-refractivity contribution in [2.45, 2.75) is 22.6 Å². The first-order chi connectivity index (χ1) is 14.4. The van der Waals surface area contributed by atoms with E-state index in [-0.39, 0.29) is 37.7 Å². The van der Waals surface area contributed by atoms with Gasteiger partial charge in [0.05, 0.1) is 0 Å². The predicted octanol–water partition coefficient (Wildman–Crippen LogP) is 4.87. The molecule has 0 aliphatic heterocycles. The van der Waals surface area contributed by atoms with E-state index >= 15 is 0 Å². The number of benzene rings is 2. The number of phenols is 2. The summed E-state index contributed by atoms with van der Waals surface area (Å²) in [4.78, 5) is 1.47. The third kappa shape index (κ3) is 14.8. The van der Waals surface area contributed by atoms with E-state index in [1.54, 1.807) is 36.8 Å². The molecular formula is C24H26O4S2Zr. The quantitative estimate of drug-likeness (QED) is 0.540. The molecule has 2 unspecified atom stereocenters. The number of rotatable bonds is 2. The van der Waals surface area contributed by atoms with E-state index in [1.807, 2.05) is 24.3 Å². The Morgan fingerprint density at radius 2 is 1.00 bits per heavy atom. The zero-order valence-corrected chi connectivity index (χ0v) is 21.6. The molecule has 162 valence electrons. The molecule has 2 aliphatic rings. The molecule has 0 spiro atoms. The zero-order valence-electron chi connectivity index (χ0n) is 17.5. The molecule has 4 nitrogen and oxygen atoms in total. The second kappa shape index (κ2) is 17.8.